The SMILES string of the molecule is CCn1ncc(C(=O)Nc2c(C(F)(F)F)n[nH]c2C)c1C. The van der Waals surface area contributed by atoms with Gasteiger partial charge >= 0.3 is 6.18 Å². The summed E-state index contributed by atoms with van der Waals surface area (Å²) in [6, 6.07) is 0. The third kappa shape index (κ3) is 2.76. The maximum absolute atomic E-state index is 12.8. The van der Waals surface area contributed by atoms with Crippen molar-refractivity contribution in [2.75, 3.05) is 5.32 Å². The quantitative estimate of drug-likeness (QED) is 0.914. The number of alkyl halides is 3. The molecule has 0 spiro atoms. The second kappa shape index (κ2) is 5.23. The average Bonchev–Trinajstić information content (AvgIpc) is 2.93. The predicted octanol–water partition coefficient (Wildman–Crippen LogP) is 2.51. The Kier molecular flexibility index (Phi) is 3.75. The Labute approximate surface area is 118 Å². The molecule has 0 bridgehead atoms. The summed E-state index contributed by atoms with van der Waals surface area (Å²) >= 11 is 0. The summed E-state index contributed by atoms with van der Waals surface area (Å²) in [5.74, 6) is -0.651. The number of amides is 1. The molecule has 0 saturated heterocycles. The second-order valence-corrected chi connectivity index (χ2v) is 4.48. The fourth-order valence-corrected chi connectivity index (χ4v) is 1.96. The van der Waals surface area contributed by atoms with E-state index in [-0.39, 0.29) is 16.9 Å². The highest BCUT2D eigenvalue weighted by molar-refractivity contribution is 6.05. The Bertz CT molecular complexity index is 671. The third-order valence-corrected chi connectivity index (χ3v) is 3.10. The zero-order chi connectivity index (χ0) is 15.8. The summed E-state index contributed by atoms with van der Waals surface area (Å²) in [4.78, 5) is 12.1. The lowest BCUT2D eigenvalue weighted by molar-refractivity contribution is -0.140. The number of H-pyrrole nitrogens is 1. The minimum atomic E-state index is -4.64. The third-order valence-electron chi connectivity index (χ3n) is 3.10. The van der Waals surface area contributed by atoms with E-state index in [2.05, 4.69) is 20.6 Å². The molecule has 0 aliphatic rings. The van der Waals surface area contributed by atoms with Crippen LogP contribution in [0.15, 0.2) is 6.20 Å². The first kappa shape index (κ1) is 15.1. The molecule has 2 heterocycles. The number of rotatable bonds is 3. The summed E-state index contributed by atoms with van der Waals surface area (Å²) in [5, 5.41) is 11.7. The van der Waals surface area contributed by atoms with Gasteiger partial charge in [0.25, 0.3) is 5.91 Å². The number of aryl methyl sites for hydroxylation is 2. The van der Waals surface area contributed by atoms with Gasteiger partial charge in [-0.2, -0.15) is 23.4 Å². The molecule has 2 aromatic heterocycles. The first-order valence-electron chi connectivity index (χ1n) is 6.21. The zero-order valence-corrected chi connectivity index (χ0v) is 11.7. The maximum Gasteiger partial charge on any atom is 0.437 e. The highest BCUT2D eigenvalue weighted by Crippen LogP contribution is 2.34. The van der Waals surface area contributed by atoms with Crippen LogP contribution >= 0.6 is 0 Å². The van der Waals surface area contributed by atoms with Gasteiger partial charge < -0.3 is 5.32 Å². The van der Waals surface area contributed by atoms with E-state index in [4.69, 9.17) is 0 Å². The van der Waals surface area contributed by atoms with Crippen LogP contribution < -0.4 is 5.32 Å². The predicted molar refractivity (Wildman–Crippen MR) is 68.9 cm³/mol. The number of aromatic amines is 1. The molecular weight excluding hydrogens is 287 g/mol. The van der Waals surface area contributed by atoms with Gasteiger partial charge in [-0.05, 0) is 20.8 Å². The molecule has 2 rings (SSSR count). The Morgan fingerprint density at radius 1 is 1.43 bits per heavy atom. The molecule has 0 aliphatic carbocycles. The molecular formula is C12H14F3N5O. The number of hydrogen-bond donors (Lipinski definition) is 2. The van der Waals surface area contributed by atoms with Crippen molar-refractivity contribution in [2.24, 2.45) is 0 Å². The molecule has 0 atom stereocenters. The van der Waals surface area contributed by atoms with Gasteiger partial charge in [0.15, 0.2) is 5.69 Å². The Morgan fingerprint density at radius 3 is 2.62 bits per heavy atom. The van der Waals surface area contributed by atoms with E-state index in [1.165, 1.54) is 13.1 Å². The van der Waals surface area contributed by atoms with Gasteiger partial charge in [-0.25, -0.2) is 0 Å². The summed E-state index contributed by atoms with van der Waals surface area (Å²) in [5.41, 5.74) is -0.559. The zero-order valence-electron chi connectivity index (χ0n) is 11.7. The number of halogens is 3. The van der Waals surface area contributed by atoms with Crippen molar-refractivity contribution in [3.63, 3.8) is 0 Å². The van der Waals surface area contributed by atoms with Crippen LogP contribution in [-0.2, 0) is 12.7 Å². The van der Waals surface area contributed by atoms with E-state index in [1.807, 2.05) is 6.92 Å². The molecule has 0 aromatic carbocycles. The van der Waals surface area contributed by atoms with E-state index < -0.39 is 17.8 Å². The second-order valence-electron chi connectivity index (χ2n) is 4.48. The topological polar surface area (TPSA) is 75.6 Å². The van der Waals surface area contributed by atoms with Crippen molar-refractivity contribution < 1.29 is 18.0 Å². The number of anilines is 1. The van der Waals surface area contributed by atoms with Crippen LogP contribution in [0.4, 0.5) is 18.9 Å². The highest BCUT2D eigenvalue weighted by atomic mass is 19.4. The molecule has 114 valence electrons. The molecule has 21 heavy (non-hydrogen) atoms. The van der Waals surface area contributed by atoms with Crippen molar-refractivity contribution in [3.8, 4) is 0 Å². The highest BCUT2D eigenvalue weighted by Gasteiger charge is 2.38. The fourth-order valence-electron chi connectivity index (χ4n) is 1.96. The first-order valence-corrected chi connectivity index (χ1v) is 6.21. The van der Waals surface area contributed by atoms with Crippen molar-refractivity contribution in [1.29, 1.82) is 0 Å². The lowest BCUT2D eigenvalue weighted by atomic mass is 10.2. The van der Waals surface area contributed by atoms with Crippen LogP contribution in [0.25, 0.3) is 0 Å². The van der Waals surface area contributed by atoms with Crippen LogP contribution in [0.5, 0.6) is 0 Å². The van der Waals surface area contributed by atoms with Gasteiger partial charge in [-0.3, -0.25) is 14.6 Å². The van der Waals surface area contributed by atoms with Crippen LogP contribution in [0.3, 0.4) is 0 Å². The summed E-state index contributed by atoms with van der Waals surface area (Å²) in [7, 11) is 0. The summed E-state index contributed by atoms with van der Waals surface area (Å²) in [6.45, 7) is 5.50. The molecule has 0 fully saturated rings. The van der Waals surface area contributed by atoms with Crippen molar-refractivity contribution in [1.82, 2.24) is 20.0 Å². The van der Waals surface area contributed by atoms with Crippen LogP contribution in [-0.4, -0.2) is 25.9 Å². The molecule has 6 nitrogen and oxygen atoms in total. The lowest BCUT2D eigenvalue weighted by Crippen LogP contribution is -2.17. The number of aromatic nitrogens is 4. The molecule has 0 aliphatic heterocycles. The van der Waals surface area contributed by atoms with E-state index in [0.717, 1.165) is 0 Å². The van der Waals surface area contributed by atoms with Crippen LogP contribution in [0.2, 0.25) is 0 Å². The fraction of sp³-hybridized carbons (Fsp3) is 0.417. The summed E-state index contributed by atoms with van der Waals surface area (Å²) in [6.07, 6.45) is -3.31. The Hall–Kier alpha value is -2.32. The van der Waals surface area contributed by atoms with Gasteiger partial charge in [0.2, 0.25) is 0 Å². The van der Waals surface area contributed by atoms with E-state index in [1.54, 1.807) is 11.6 Å². The Morgan fingerprint density at radius 2 is 2.10 bits per heavy atom. The monoisotopic (exact) mass is 301 g/mol. The van der Waals surface area contributed by atoms with Crippen LogP contribution in [0.1, 0.15) is 34.4 Å². The summed E-state index contributed by atoms with van der Waals surface area (Å²) < 4.78 is 40.0. The van der Waals surface area contributed by atoms with E-state index in [9.17, 15) is 18.0 Å². The number of nitrogens with one attached hydrogen (secondary N) is 2. The maximum atomic E-state index is 12.8. The van der Waals surface area contributed by atoms with E-state index >= 15 is 0 Å². The molecule has 9 heteroatoms. The number of carbonyl (C=O) groups excluding carboxylic acids is 1. The smallest absolute Gasteiger partial charge is 0.318 e. The standard InChI is InChI=1S/C12H14F3N5O/c1-4-20-7(3)8(5-16-20)11(21)17-9-6(2)18-19-10(9)12(13,14)15/h5H,4H2,1-3H3,(H,17,21)(H,18,19). The first-order chi connectivity index (χ1) is 9.75. The minimum absolute atomic E-state index is 0.135. The van der Waals surface area contributed by atoms with Crippen LogP contribution in [0, 0.1) is 13.8 Å². The Balaban J connectivity index is 2.32. The molecule has 0 radical (unpaired) electrons. The van der Waals surface area contributed by atoms with Gasteiger partial charge in [-0.1, -0.05) is 0 Å². The largest absolute Gasteiger partial charge is 0.437 e. The van der Waals surface area contributed by atoms with Gasteiger partial charge in [0.05, 0.1) is 23.1 Å². The molecule has 2 aromatic rings. The van der Waals surface area contributed by atoms with Crippen molar-refractivity contribution in [3.05, 3.63) is 28.8 Å². The molecule has 0 unspecified atom stereocenters. The van der Waals surface area contributed by atoms with Crippen molar-refractivity contribution >= 4 is 11.6 Å². The average molecular weight is 301 g/mol. The lowest BCUT2D eigenvalue weighted by Gasteiger charge is -2.09. The number of carbonyl (C=O) groups is 1. The van der Waals surface area contributed by atoms with Gasteiger partial charge in [0.1, 0.15) is 0 Å². The van der Waals surface area contributed by atoms with E-state index in [0.29, 0.717) is 12.2 Å². The molecule has 1 amide bonds. The van der Waals surface area contributed by atoms with Gasteiger partial charge in [-0.15, -0.1) is 0 Å². The van der Waals surface area contributed by atoms with Crippen molar-refractivity contribution in [2.45, 2.75) is 33.5 Å². The molecule has 0 saturated carbocycles. The molecule has 2 N–H and O–H groups in total. The van der Waals surface area contributed by atoms with Gasteiger partial charge in [0, 0.05) is 12.2 Å². The normalized spacial score (nSPS) is 11.7. The minimum Gasteiger partial charge on any atom is -0.318 e. The number of nitrogens with zero attached hydrogens (tertiary/aromatic N) is 3. The number of hydrogen-bond acceptors (Lipinski definition) is 3.